The number of aromatic nitrogens is 1. The van der Waals surface area contributed by atoms with Gasteiger partial charge in [-0.15, -0.1) is 0 Å². The van der Waals surface area contributed by atoms with Crippen LogP contribution in [0.25, 0.3) is 0 Å². The Kier molecular flexibility index (Phi) is 3.92. The van der Waals surface area contributed by atoms with Crippen LogP contribution in [0.4, 0.5) is 5.82 Å². The van der Waals surface area contributed by atoms with E-state index in [-0.39, 0.29) is 0 Å². The number of ether oxygens (including phenoxy) is 1. The van der Waals surface area contributed by atoms with Gasteiger partial charge >= 0.3 is 0 Å². The number of nitrogens with zero attached hydrogens (tertiary/aromatic N) is 1. The molecule has 20 heavy (non-hydrogen) atoms. The summed E-state index contributed by atoms with van der Waals surface area (Å²) in [5, 5.41) is 3.38. The Labute approximate surface area is 127 Å². The second kappa shape index (κ2) is 5.83. The van der Waals surface area contributed by atoms with E-state index in [4.69, 9.17) is 4.74 Å². The Morgan fingerprint density at radius 2 is 2.15 bits per heavy atom. The van der Waals surface area contributed by atoms with Gasteiger partial charge in [-0.1, -0.05) is 22.0 Å². The third kappa shape index (κ3) is 3.12. The number of rotatable bonds is 5. The maximum Gasteiger partial charge on any atom is 0.127 e. The first-order valence-electron chi connectivity index (χ1n) is 6.78. The quantitative estimate of drug-likeness (QED) is 0.884. The van der Waals surface area contributed by atoms with Crippen LogP contribution in [0.2, 0.25) is 0 Å². The average molecular weight is 333 g/mol. The van der Waals surface area contributed by atoms with Gasteiger partial charge in [0.1, 0.15) is 11.6 Å². The molecule has 1 heterocycles. The van der Waals surface area contributed by atoms with Crippen molar-refractivity contribution in [3.05, 3.63) is 52.1 Å². The van der Waals surface area contributed by atoms with E-state index in [9.17, 15) is 0 Å². The van der Waals surface area contributed by atoms with Crippen LogP contribution < -0.4 is 10.1 Å². The van der Waals surface area contributed by atoms with Gasteiger partial charge in [0, 0.05) is 17.2 Å². The molecule has 0 radical (unpaired) electrons. The molecular formula is C16H17BrN2O. The number of halogens is 1. The molecule has 1 aliphatic rings. The summed E-state index contributed by atoms with van der Waals surface area (Å²) in [6, 6.07) is 10.3. The summed E-state index contributed by atoms with van der Waals surface area (Å²) in [7, 11) is 1.71. The molecule has 3 rings (SSSR count). The summed E-state index contributed by atoms with van der Waals surface area (Å²) >= 11 is 3.46. The van der Waals surface area contributed by atoms with Crippen LogP contribution in [0.15, 0.2) is 41.0 Å². The van der Waals surface area contributed by atoms with Crippen molar-refractivity contribution in [3.8, 4) is 5.75 Å². The number of pyridine rings is 1. The lowest BCUT2D eigenvalue weighted by molar-refractivity contribution is 0.414. The summed E-state index contributed by atoms with van der Waals surface area (Å²) in [4.78, 5) is 4.32. The molecule has 0 spiro atoms. The van der Waals surface area contributed by atoms with Crippen LogP contribution in [0.5, 0.6) is 5.75 Å². The molecule has 1 fully saturated rings. The maximum atomic E-state index is 5.33. The Hall–Kier alpha value is -1.55. The highest BCUT2D eigenvalue weighted by molar-refractivity contribution is 9.10. The molecule has 0 bridgehead atoms. The van der Waals surface area contributed by atoms with E-state index >= 15 is 0 Å². The van der Waals surface area contributed by atoms with Crippen LogP contribution >= 0.6 is 15.9 Å². The SMILES string of the molecule is COc1ccc(C2CC2)c(CNc2cc(Br)ccn2)c1. The van der Waals surface area contributed by atoms with Crippen molar-refractivity contribution in [1.82, 2.24) is 4.98 Å². The number of methoxy groups -OCH3 is 1. The molecule has 3 nitrogen and oxygen atoms in total. The standard InChI is InChI=1S/C16H17BrN2O/c1-20-14-4-5-15(11-2-3-11)12(8-14)10-19-16-9-13(17)6-7-18-16/h4-9,11H,2-3,10H2,1H3,(H,18,19). The number of benzene rings is 1. The highest BCUT2D eigenvalue weighted by Crippen LogP contribution is 2.42. The van der Waals surface area contributed by atoms with Crippen LogP contribution in [0, 0.1) is 0 Å². The van der Waals surface area contributed by atoms with Crippen LogP contribution in [-0.4, -0.2) is 12.1 Å². The summed E-state index contributed by atoms with van der Waals surface area (Å²) < 4.78 is 6.36. The van der Waals surface area contributed by atoms with Gasteiger partial charge in [-0.05, 0) is 54.2 Å². The predicted molar refractivity (Wildman–Crippen MR) is 84.2 cm³/mol. The van der Waals surface area contributed by atoms with Crippen LogP contribution in [0.3, 0.4) is 0 Å². The number of hydrogen-bond acceptors (Lipinski definition) is 3. The highest BCUT2D eigenvalue weighted by atomic mass is 79.9. The van der Waals surface area contributed by atoms with Crippen LogP contribution in [0.1, 0.15) is 29.9 Å². The highest BCUT2D eigenvalue weighted by Gasteiger charge is 2.26. The van der Waals surface area contributed by atoms with Crippen molar-refractivity contribution in [2.45, 2.75) is 25.3 Å². The second-order valence-electron chi connectivity index (χ2n) is 5.05. The van der Waals surface area contributed by atoms with Gasteiger partial charge in [0.15, 0.2) is 0 Å². The zero-order valence-electron chi connectivity index (χ0n) is 11.4. The van der Waals surface area contributed by atoms with E-state index in [1.807, 2.05) is 12.1 Å². The molecule has 1 N–H and O–H groups in total. The van der Waals surface area contributed by atoms with Crippen molar-refractivity contribution in [2.24, 2.45) is 0 Å². The Balaban J connectivity index is 1.78. The van der Waals surface area contributed by atoms with Gasteiger partial charge in [-0.3, -0.25) is 0 Å². The molecule has 1 saturated carbocycles. The fourth-order valence-electron chi connectivity index (χ4n) is 2.34. The third-order valence-corrected chi connectivity index (χ3v) is 4.04. The fourth-order valence-corrected chi connectivity index (χ4v) is 2.68. The van der Waals surface area contributed by atoms with E-state index in [0.717, 1.165) is 28.5 Å². The molecule has 0 unspecified atom stereocenters. The first-order valence-corrected chi connectivity index (χ1v) is 7.58. The lowest BCUT2D eigenvalue weighted by Gasteiger charge is -2.12. The van der Waals surface area contributed by atoms with Crippen molar-refractivity contribution < 1.29 is 4.74 Å². The maximum absolute atomic E-state index is 5.33. The van der Waals surface area contributed by atoms with E-state index in [2.05, 4.69) is 44.4 Å². The van der Waals surface area contributed by atoms with E-state index in [1.165, 1.54) is 24.0 Å². The Morgan fingerprint density at radius 1 is 1.30 bits per heavy atom. The second-order valence-corrected chi connectivity index (χ2v) is 5.97. The molecule has 0 amide bonds. The molecule has 104 valence electrons. The minimum Gasteiger partial charge on any atom is -0.497 e. The third-order valence-electron chi connectivity index (χ3n) is 3.55. The summed E-state index contributed by atoms with van der Waals surface area (Å²) in [5.74, 6) is 2.52. The zero-order valence-corrected chi connectivity index (χ0v) is 13.0. The van der Waals surface area contributed by atoms with Crippen molar-refractivity contribution in [2.75, 3.05) is 12.4 Å². The predicted octanol–water partition coefficient (Wildman–Crippen LogP) is 4.34. The lowest BCUT2D eigenvalue weighted by atomic mass is 10.0. The number of nitrogens with one attached hydrogen (secondary N) is 1. The van der Waals surface area contributed by atoms with Crippen molar-refractivity contribution >= 4 is 21.7 Å². The monoisotopic (exact) mass is 332 g/mol. The normalized spacial score (nSPS) is 14.1. The molecule has 0 saturated heterocycles. The molecule has 0 atom stereocenters. The van der Waals surface area contributed by atoms with E-state index < -0.39 is 0 Å². The van der Waals surface area contributed by atoms with Gasteiger partial charge in [0.05, 0.1) is 7.11 Å². The lowest BCUT2D eigenvalue weighted by Crippen LogP contribution is -2.04. The van der Waals surface area contributed by atoms with Crippen molar-refractivity contribution in [1.29, 1.82) is 0 Å². The fraction of sp³-hybridized carbons (Fsp3) is 0.312. The van der Waals surface area contributed by atoms with E-state index in [0.29, 0.717) is 0 Å². The Bertz CT molecular complexity index is 611. The van der Waals surface area contributed by atoms with Crippen LogP contribution in [-0.2, 0) is 6.54 Å². The minimum absolute atomic E-state index is 0.730. The summed E-state index contributed by atoms with van der Waals surface area (Å²) in [6.45, 7) is 0.770. The van der Waals surface area contributed by atoms with Gasteiger partial charge in [-0.25, -0.2) is 4.98 Å². The number of hydrogen-bond donors (Lipinski definition) is 1. The molecular weight excluding hydrogens is 316 g/mol. The molecule has 1 aromatic carbocycles. The van der Waals surface area contributed by atoms with Gasteiger partial charge in [0.25, 0.3) is 0 Å². The van der Waals surface area contributed by atoms with E-state index in [1.54, 1.807) is 13.3 Å². The molecule has 1 aliphatic carbocycles. The van der Waals surface area contributed by atoms with Gasteiger partial charge in [-0.2, -0.15) is 0 Å². The molecule has 4 heteroatoms. The average Bonchev–Trinajstić information content (AvgIpc) is 3.29. The zero-order chi connectivity index (χ0) is 13.9. The van der Waals surface area contributed by atoms with Gasteiger partial charge in [0.2, 0.25) is 0 Å². The number of anilines is 1. The first kappa shape index (κ1) is 13.4. The first-order chi connectivity index (χ1) is 9.76. The smallest absolute Gasteiger partial charge is 0.127 e. The topological polar surface area (TPSA) is 34.1 Å². The summed E-state index contributed by atoms with van der Waals surface area (Å²) in [5.41, 5.74) is 2.74. The molecule has 0 aliphatic heterocycles. The molecule has 2 aromatic rings. The largest absolute Gasteiger partial charge is 0.497 e. The van der Waals surface area contributed by atoms with Crippen molar-refractivity contribution in [3.63, 3.8) is 0 Å². The van der Waals surface area contributed by atoms with Gasteiger partial charge < -0.3 is 10.1 Å². The summed E-state index contributed by atoms with van der Waals surface area (Å²) in [6.07, 6.45) is 4.39. The minimum atomic E-state index is 0.730. The molecule has 1 aromatic heterocycles. The Morgan fingerprint density at radius 3 is 2.85 bits per heavy atom.